The first-order chi connectivity index (χ1) is 8.33. The number of rotatable bonds is 4. The summed E-state index contributed by atoms with van der Waals surface area (Å²) in [4.78, 5) is 0. The normalized spacial score (nSPS) is 21.1. The standard InChI is InChI=1S/C15H22O2/c1-17-15(13-10-6-3-7-11-13)14(16)12-8-4-2-5-9-12/h3,6-7,10-12,14-16H,2,4-5,8-9H2,1H3/t14-,15+/m0/s1. The summed E-state index contributed by atoms with van der Waals surface area (Å²) in [7, 11) is 1.68. The summed E-state index contributed by atoms with van der Waals surface area (Å²) in [5.74, 6) is 0.397. The van der Waals surface area contributed by atoms with Crippen LogP contribution < -0.4 is 0 Å². The molecule has 0 heterocycles. The molecule has 1 aromatic rings. The van der Waals surface area contributed by atoms with Crippen LogP contribution in [0.2, 0.25) is 0 Å². The van der Waals surface area contributed by atoms with Crippen molar-refractivity contribution in [3.63, 3.8) is 0 Å². The molecule has 2 atom stereocenters. The van der Waals surface area contributed by atoms with Crippen LogP contribution in [-0.2, 0) is 4.74 Å². The number of hydrogen-bond acceptors (Lipinski definition) is 2. The summed E-state index contributed by atoms with van der Waals surface area (Å²) in [6.07, 6.45) is 5.51. The molecular formula is C15H22O2. The second-order valence-electron chi connectivity index (χ2n) is 4.96. The maximum absolute atomic E-state index is 10.5. The van der Waals surface area contributed by atoms with E-state index in [0.717, 1.165) is 18.4 Å². The Kier molecular flexibility index (Phi) is 4.57. The predicted octanol–water partition coefficient (Wildman–Crippen LogP) is 3.32. The van der Waals surface area contributed by atoms with Gasteiger partial charge >= 0.3 is 0 Å². The van der Waals surface area contributed by atoms with Gasteiger partial charge in [0.1, 0.15) is 6.10 Å². The Morgan fingerprint density at radius 2 is 1.76 bits per heavy atom. The smallest absolute Gasteiger partial charge is 0.108 e. The zero-order chi connectivity index (χ0) is 12.1. The minimum absolute atomic E-state index is 0.181. The molecule has 1 saturated carbocycles. The number of aliphatic hydroxyl groups is 1. The van der Waals surface area contributed by atoms with Gasteiger partial charge < -0.3 is 9.84 Å². The van der Waals surface area contributed by atoms with Gasteiger partial charge in [0.15, 0.2) is 0 Å². The average Bonchev–Trinajstić information content (AvgIpc) is 2.42. The van der Waals surface area contributed by atoms with Gasteiger partial charge in [-0.15, -0.1) is 0 Å². The van der Waals surface area contributed by atoms with E-state index in [1.165, 1.54) is 19.3 Å². The minimum Gasteiger partial charge on any atom is -0.390 e. The first-order valence-electron chi connectivity index (χ1n) is 6.58. The molecule has 1 aromatic carbocycles. The second-order valence-corrected chi connectivity index (χ2v) is 4.96. The van der Waals surface area contributed by atoms with Crippen molar-refractivity contribution in [1.29, 1.82) is 0 Å². The molecule has 0 aliphatic heterocycles. The van der Waals surface area contributed by atoms with Crippen molar-refractivity contribution in [1.82, 2.24) is 0 Å². The van der Waals surface area contributed by atoms with Crippen molar-refractivity contribution in [2.45, 2.75) is 44.3 Å². The lowest BCUT2D eigenvalue weighted by Crippen LogP contribution is -2.30. The summed E-state index contributed by atoms with van der Waals surface area (Å²) in [6, 6.07) is 10.0. The molecule has 0 unspecified atom stereocenters. The molecule has 0 amide bonds. The molecular weight excluding hydrogens is 212 g/mol. The van der Waals surface area contributed by atoms with E-state index in [2.05, 4.69) is 0 Å². The first kappa shape index (κ1) is 12.6. The SMILES string of the molecule is CO[C@H](c1ccccc1)[C@@H](O)C1CCCCC1. The minimum atomic E-state index is -0.373. The Morgan fingerprint density at radius 3 is 2.35 bits per heavy atom. The van der Waals surface area contributed by atoms with Crippen molar-refractivity contribution in [2.24, 2.45) is 5.92 Å². The van der Waals surface area contributed by atoms with Crippen molar-refractivity contribution >= 4 is 0 Å². The lowest BCUT2D eigenvalue weighted by molar-refractivity contribution is -0.0513. The molecule has 1 aliphatic rings. The molecule has 2 nitrogen and oxygen atoms in total. The van der Waals surface area contributed by atoms with E-state index in [4.69, 9.17) is 4.74 Å². The van der Waals surface area contributed by atoms with Crippen molar-refractivity contribution in [3.05, 3.63) is 35.9 Å². The van der Waals surface area contributed by atoms with Crippen molar-refractivity contribution < 1.29 is 9.84 Å². The van der Waals surface area contributed by atoms with Crippen LogP contribution in [0, 0.1) is 5.92 Å². The van der Waals surface area contributed by atoms with Gasteiger partial charge in [-0.2, -0.15) is 0 Å². The molecule has 1 N–H and O–H groups in total. The molecule has 1 aliphatic carbocycles. The maximum atomic E-state index is 10.5. The van der Waals surface area contributed by atoms with Gasteiger partial charge in [0, 0.05) is 7.11 Å². The highest BCUT2D eigenvalue weighted by atomic mass is 16.5. The van der Waals surface area contributed by atoms with Crippen LogP contribution in [0.15, 0.2) is 30.3 Å². The zero-order valence-corrected chi connectivity index (χ0v) is 10.5. The molecule has 0 bridgehead atoms. The second kappa shape index (κ2) is 6.18. The van der Waals surface area contributed by atoms with Crippen LogP contribution >= 0.6 is 0 Å². The van der Waals surface area contributed by atoms with Gasteiger partial charge in [0.25, 0.3) is 0 Å². The zero-order valence-electron chi connectivity index (χ0n) is 10.5. The van der Waals surface area contributed by atoms with Crippen LogP contribution in [0.5, 0.6) is 0 Å². The number of ether oxygens (including phenoxy) is 1. The Balaban J connectivity index is 2.07. The molecule has 2 heteroatoms. The van der Waals surface area contributed by atoms with E-state index >= 15 is 0 Å². The van der Waals surface area contributed by atoms with E-state index in [1.54, 1.807) is 7.11 Å². The third-order valence-corrected chi connectivity index (χ3v) is 3.83. The summed E-state index contributed by atoms with van der Waals surface area (Å²) >= 11 is 0. The Labute approximate surface area is 104 Å². The van der Waals surface area contributed by atoms with E-state index < -0.39 is 0 Å². The topological polar surface area (TPSA) is 29.5 Å². The van der Waals surface area contributed by atoms with Crippen molar-refractivity contribution in [2.75, 3.05) is 7.11 Å². The highest BCUT2D eigenvalue weighted by Crippen LogP contribution is 2.33. The molecule has 1 fully saturated rings. The van der Waals surface area contributed by atoms with Gasteiger partial charge in [-0.1, -0.05) is 49.6 Å². The maximum Gasteiger partial charge on any atom is 0.108 e. The van der Waals surface area contributed by atoms with Crippen LogP contribution in [-0.4, -0.2) is 18.3 Å². The average molecular weight is 234 g/mol. The molecule has 0 spiro atoms. The number of aliphatic hydroxyl groups excluding tert-OH is 1. The molecule has 2 rings (SSSR count). The number of benzene rings is 1. The fourth-order valence-corrected chi connectivity index (χ4v) is 2.84. The van der Waals surface area contributed by atoms with E-state index in [1.807, 2.05) is 30.3 Å². The summed E-state index contributed by atoms with van der Waals surface area (Å²) in [5.41, 5.74) is 1.08. The Hall–Kier alpha value is -0.860. The van der Waals surface area contributed by atoms with Crippen LogP contribution in [0.4, 0.5) is 0 Å². The summed E-state index contributed by atoms with van der Waals surface area (Å²) in [5, 5.41) is 10.5. The van der Waals surface area contributed by atoms with Crippen LogP contribution in [0.25, 0.3) is 0 Å². The molecule has 0 radical (unpaired) electrons. The first-order valence-corrected chi connectivity index (χ1v) is 6.58. The number of hydrogen-bond donors (Lipinski definition) is 1. The Bertz CT molecular complexity index is 317. The highest BCUT2D eigenvalue weighted by Gasteiger charge is 2.29. The molecule has 17 heavy (non-hydrogen) atoms. The lowest BCUT2D eigenvalue weighted by Gasteiger charge is -2.31. The van der Waals surface area contributed by atoms with Crippen LogP contribution in [0.3, 0.4) is 0 Å². The largest absolute Gasteiger partial charge is 0.390 e. The fraction of sp³-hybridized carbons (Fsp3) is 0.600. The highest BCUT2D eigenvalue weighted by molar-refractivity contribution is 5.19. The fourth-order valence-electron chi connectivity index (χ4n) is 2.84. The van der Waals surface area contributed by atoms with E-state index in [-0.39, 0.29) is 12.2 Å². The Morgan fingerprint density at radius 1 is 1.12 bits per heavy atom. The van der Waals surface area contributed by atoms with Gasteiger partial charge in [-0.05, 0) is 24.3 Å². The summed E-state index contributed by atoms with van der Waals surface area (Å²) < 4.78 is 5.50. The number of methoxy groups -OCH3 is 1. The van der Waals surface area contributed by atoms with Crippen LogP contribution in [0.1, 0.15) is 43.8 Å². The lowest BCUT2D eigenvalue weighted by atomic mass is 9.82. The molecule has 0 saturated heterocycles. The van der Waals surface area contributed by atoms with Crippen molar-refractivity contribution in [3.8, 4) is 0 Å². The van der Waals surface area contributed by atoms with Gasteiger partial charge in [0.05, 0.1) is 6.10 Å². The van der Waals surface area contributed by atoms with Gasteiger partial charge in [0.2, 0.25) is 0 Å². The monoisotopic (exact) mass is 234 g/mol. The van der Waals surface area contributed by atoms with E-state index in [9.17, 15) is 5.11 Å². The van der Waals surface area contributed by atoms with Gasteiger partial charge in [-0.25, -0.2) is 0 Å². The summed E-state index contributed by atoms with van der Waals surface area (Å²) in [6.45, 7) is 0. The molecule has 94 valence electrons. The van der Waals surface area contributed by atoms with E-state index in [0.29, 0.717) is 5.92 Å². The third kappa shape index (κ3) is 3.08. The quantitative estimate of drug-likeness (QED) is 0.866. The third-order valence-electron chi connectivity index (χ3n) is 3.83. The molecule has 0 aromatic heterocycles. The predicted molar refractivity (Wildman–Crippen MR) is 68.8 cm³/mol. The van der Waals surface area contributed by atoms with Gasteiger partial charge in [-0.3, -0.25) is 0 Å².